The number of carboxylic acids is 1. The molecule has 0 fully saturated rings. The molecule has 2 amide bonds. The Morgan fingerprint density at radius 1 is 0.864 bits per heavy atom. The fourth-order valence-corrected chi connectivity index (χ4v) is 5.88. The molecule has 2 heterocycles. The van der Waals surface area contributed by atoms with Crippen LogP contribution in [0.3, 0.4) is 0 Å². The number of amides is 2. The zero-order chi connectivity index (χ0) is 30.8. The largest absolute Gasteiger partial charge is 0.481 e. The number of urea groups is 1. The number of alkyl halides is 3. The fraction of sp³-hybridized carbons (Fsp3) is 0.200. The molecule has 0 bridgehead atoms. The molecule has 224 valence electrons. The number of allylic oxidation sites excluding steroid dienone is 2. The van der Waals surface area contributed by atoms with Gasteiger partial charge in [0.15, 0.2) is 0 Å². The topological polar surface area (TPSA) is 74.0 Å². The van der Waals surface area contributed by atoms with Gasteiger partial charge in [-0.1, -0.05) is 91.0 Å². The summed E-state index contributed by atoms with van der Waals surface area (Å²) in [6.45, 7) is -0.0423. The molecule has 0 radical (unpaired) electrons. The maximum absolute atomic E-state index is 14.4. The average Bonchev–Trinajstić information content (AvgIpc) is 3.49. The Morgan fingerprint density at radius 2 is 1.64 bits per heavy atom. The van der Waals surface area contributed by atoms with Gasteiger partial charge in [0.25, 0.3) is 0 Å². The standard InChI is InChI=1S/C35H29F3N2O4/c36-35(37,38)32-17-16-29(44-32)22-39(21-23-12-14-25(15-13-23)26-9-5-6-24(18-26)19-33(41)42)34(43)40-30-10-3-1-7-27(30)20-28-8-2-4-11-31(28)40/h1-18,27,30H,19-22H2,(H,41,42). The van der Waals surface area contributed by atoms with Crippen LogP contribution in [0.15, 0.2) is 114 Å². The van der Waals surface area contributed by atoms with Crippen LogP contribution in [0, 0.1) is 5.92 Å². The van der Waals surface area contributed by atoms with E-state index in [-0.39, 0.29) is 43.3 Å². The second kappa shape index (κ2) is 11.9. The predicted octanol–water partition coefficient (Wildman–Crippen LogP) is 7.89. The van der Waals surface area contributed by atoms with Gasteiger partial charge in [-0.05, 0) is 52.4 Å². The van der Waals surface area contributed by atoms with E-state index in [0.717, 1.165) is 40.4 Å². The Balaban J connectivity index is 1.32. The summed E-state index contributed by atoms with van der Waals surface area (Å²) in [6.07, 6.45) is 3.99. The number of carbonyl (C=O) groups is 2. The maximum atomic E-state index is 14.4. The van der Waals surface area contributed by atoms with E-state index in [9.17, 15) is 22.8 Å². The minimum atomic E-state index is -4.64. The number of fused-ring (bicyclic) bond motifs is 2. The molecule has 44 heavy (non-hydrogen) atoms. The lowest BCUT2D eigenvalue weighted by atomic mass is 9.83. The highest BCUT2D eigenvalue weighted by molar-refractivity contribution is 5.94. The second-order valence-corrected chi connectivity index (χ2v) is 11.0. The summed E-state index contributed by atoms with van der Waals surface area (Å²) in [5, 5.41) is 9.15. The summed E-state index contributed by atoms with van der Waals surface area (Å²) in [7, 11) is 0. The van der Waals surface area contributed by atoms with Gasteiger partial charge in [0.2, 0.25) is 5.76 Å². The van der Waals surface area contributed by atoms with Crippen LogP contribution >= 0.6 is 0 Å². The van der Waals surface area contributed by atoms with Crippen LogP contribution in [0.1, 0.15) is 28.2 Å². The lowest BCUT2D eigenvalue weighted by molar-refractivity contribution is -0.153. The van der Waals surface area contributed by atoms with E-state index in [4.69, 9.17) is 9.52 Å². The highest BCUT2D eigenvalue weighted by Gasteiger charge is 2.39. The molecule has 3 aromatic carbocycles. The quantitative estimate of drug-likeness (QED) is 0.235. The second-order valence-electron chi connectivity index (χ2n) is 11.0. The molecule has 0 saturated carbocycles. The number of furan rings is 1. The molecule has 1 aliphatic carbocycles. The van der Waals surface area contributed by atoms with Crippen molar-refractivity contribution in [2.45, 2.75) is 38.1 Å². The van der Waals surface area contributed by atoms with Crippen molar-refractivity contribution in [3.63, 3.8) is 0 Å². The third kappa shape index (κ3) is 6.17. The first-order chi connectivity index (χ1) is 21.2. The van der Waals surface area contributed by atoms with Crippen LogP contribution in [0.25, 0.3) is 11.1 Å². The van der Waals surface area contributed by atoms with Gasteiger partial charge < -0.3 is 14.4 Å². The Labute approximate surface area is 252 Å². The zero-order valence-corrected chi connectivity index (χ0v) is 23.6. The van der Waals surface area contributed by atoms with Crippen molar-refractivity contribution >= 4 is 17.7 Å². The Hall–Kier alpha value is -5.05. The third-order valence-electron chi connectivity index (χ3n) is 7.93. The van der Waals surface area contributed by atoms with Gasteiger partial charge in [0, 0.05) is 18.2 Å². The molecule has 1 aromatic heterocycles. The molecule has 2 unspecified atom stereocenters. The van der Waals surface area contributed by atoms with Crippen molar-refractivity contribution in [2.75, 3.05) is 4.90 Å². The van der Waals surface area contributed by atoms with Crippen molar-refractivity contribution in [1.82, 2.24) is 4.90 Å². The first-order valence-electron chi connectivity index (χ1n) is 14.2. The number of rotatable bonds is 7. The first-order valence-corrected chi connectivity index (χ1v) is 14.2. The van der Waals surface area contributed by atoms with E-state index in [1.165, 1.54) is 11.0 Å². The van der Waals surface area contributed by atoms with Gasteiger partial charge in [-0.25, -0.2) is 4.79 Å². The van der Waals surface area contributed by atoms with Gasteiger partial charge in [0.1, 0.15) is 5.76 Å². The number of carbonyl (C=O) groups excluding carboxylic acids is 1. The summed E-state index contributed by atoms with van der Waals surface area (Å²) in [4.78, 5) is 28.8. The average molecular weight is 599 g/mol. The van der Waals surface area contributed by atoms with E-state index < -0.39 is 17.9 Å². The third-order valence-corrected chi connectivity index (χ3v) is 7.93. The molecule has 6 nitrogen and oxygen atoms in total. The summed E-state index contributed by atoms with van der Waals surface area (Å²) in [5.74, 6) is -1.93. The van der Waals surface area contributed by atoms with Gasteiger partial charge in [-0.2, -0.15) is 13.2 Å². The van der Waals surface area contributed by atoms with E-state index in [0.29, 0.717) is 5.56 Å². The van der Waals surface area contributed by atoms with Gasteiger partial charge >= 0.3 is 18.2 Å². The number of para-hydroxylation sites is 1. The molecular formula is C35H29F3N2O4. The zero-order valence-electron chi connectivity index (χ0n) is 23.6. The van der Waals surface area contributed by atoms with Crippen LogP contribution in [0.2, 0.25) is 0 Å². The maximum Gasteiger partial charge on any atom is 0.449 e. The van der Waals surface area contributed by atoms with Gasteiger partial charge in [0.05, 0.1) is 19.0 Å². The van der Waals surface area contributed by atoms with E-state index >= 15 is 0 Å². The van der Waals surface area contributed by atoms with Crippen molar-refractivity contribution in [3.05, 3.63) is 137 Å². The van der Waals surface area contributed by atoms with Crippen LogP contribution in [-0.4, -0.2) is 28.0 Å². The SMILES string of the molecule is O=C(O)Cc1cccc(-c2ccc(CN(Cc3ccc(C(F)(F)F)o3)C(=O)N3c4ccccc4CC4C=CC=CC43)cc2)c1. The summed E-state index contributed by atoms with van der Waals surface area (Å²) in [6, 6.07) is 24.0. The number of halogens is 3. The van der Waals surface area contributed by atoms with E-state index in [1.807, 2.05) is 78.9 Å². The fourth-order valence-electron chi connectivity index (χ4n) is 5.88. The Bertz CT molecular complexity index is 1740. The number of benzene rings is 3. The predicted molar refractivity (Wildman–Crippen MR) is 160 cm³/mol. The minimum absolute atomic E-state index is 0.0264. The van der Waals surface area contributed by atoms with Crippen LogP contribution < -0.4 is 4.90 Å². The summed E-state index contributed by atoms with van der Waals surface area (Å²) < 4.78 is 45.1. The molecule has 6 rings (SSSR count). The van der Waals surface area contributed by atoms with Crippen LogP contribution in [-0.2, 0) is 36.9 Å². The molecule has 1 N–H and O–H groups in total. The molecule has 0 saturated heterocycles. The number of hydrogen-bond acceptors (Lipinski definition) is 3. The molecular weight excluding hydrogens is 569 g/mol. The number of hydrogen-bond donors (Lipinski definition) is 1. The Morgan fingerprint density at radius 3 is 2.39 bits per heavy atom. The monoisotopic (exact) mass is 598 g/mol. The van der Waals surface area contributed by atoms with Crippen molar-refractivity contribution in [1.29, 1.82) is 0 Å². The highest BCUT2D eigenvalue weighted by atomic mass is 19.4. The number of anilines is 1. The first kappa shape index (κ1) is 29.0. The highest BCUT2D eigenvalue weighted by Crippen LogP contribution is 2.38. The van der Waals surface area contributed by atoms with Crippen molar-refractivity contribution < 1.29 is 32.3 Å². The van der Waals surface area contributed by atoms with Gasteiger partial charge in [-0.15, -0.1) is 0 Å². The lowest BCUT2D eigenvalue weighted by Crippen LogP contribution is -2.52. The molecule has 9 heteroatoms. The van der Waals surface area contributed by atoms with Crippen molar-refractivity contribution in [2.24, 2.45) is 5.92 Å². The molecule has 2 atom stereocenters. The van der Waals surface area contributed by atoms with Crippen LogP contribution in [0.5, 0.6) is 0 Å². The minimum Gasteiger partial charge on any atom is -0.481 e. The smallest absolute Gasteiger partial charge is 0.449 e. The molecule has 2 aliphatic rings. The molecule has 0 spiro atoms. The van der Waals surface area contributed by atoms with Crippen LogP contribution in [0.4, 0.5) is 23.7 Å². The molecule has 1 aliphatic heterocycles. The number of aliphatic carboxylic acids is 1. The van der Waals surface area contributed by atoms with Gasteiger partial charge in [-0.3, -0.25) is 9.69 Å². The van der Waals surface area contributed by atoms with E-state index in [1.54, 1.807) is 17.0 Å². The molecule has 4 aromatic rings. The van der Waals surface area contributed by atoms with E-state index in [2.05, 4.69) is 6.08 Å². The van der Waals surface area contributed by atoms with Crippen molar-refractivity contribution in [3.8, 4) is 11.1 Å². The number of carboxylic acid groups (broad SMARTS) is 1. The summed E-state index contributed by atoms with van der Waals surface area (Å²) >= 11 is 0. The summed E-state index contributed by atoms with van der Waals surface area (Å²) in [5.41, 5.74) is 4.97. The number of nitrogens with zero attached hydrogens (tertiary/aromatic N) is 2. The normalized spacial score (nSPS) is 17.2. The Kier molecular flexibility index (Phi) is 7.86. The lowest BCUT2D eigenvalue weighted by Gasteiger charge is -2.43.